The zero-order valence-corrected chi connectivity index (χ0v) is 12.7. The second-order valence-electron chi connectivity index (χ2n) is 4.81. The first kappa shape index (κ1) is 15.8. The van der Waals surface area contributed by atoms with E-state index in [2.05, 4.69) is 5.32 Å². The van der Waals surface area contributed by atoms with E-state index in [1.165, 1.54) is 18.2 Å². The number of hydrogen-bond acceptors (Lipinski definition) is 3. The Morgan fingerprint density at radius 3 is 2.55 bits per heavy atom. The van der Waals surface area contributed by atoms with Crippen molar-refractivity contribution >= 4 is 5.91 Å². The van der Waals surface area contributed by atoms with Crippen LogP contribution < -0.4 is 14.8 Å². The van der Waals surface area contributed by atoms with E-state index in [0.29, 0.717) is 11.5 Å². The summed E-state index contributed by atoms with van der Waals surface area (Å²) in [4.78, 5) is 12.2. The lowest BCUT2D eigenvalue weighted by Gasteiger charge is -2.18. The van der Waals surface area contributed by atoms with E-state index < -0.39 is 5.82 Å². The Kier molecular flexibility index (Phi) is 4.99. The molecule has 0 aliphatic heterocycles. The Morgan fingerprint density at radius 2 is 1.91 bits per heavy atom. The van der Waals surface area contributed by atoms with Crippen molar-refractivity contribution in [3.8, 4) is 11.5 Å². The number of nitrogens with one attached hydrogen (secondary N) is 1. The quantitative estimate of drug-likeness (QED) is 0.921. The van der Waals surface area contributed by atoms with Gasteiger partial charge in [0.2, 0.25) is 0 Å². The molecule has 0 fully saturated rings. The number of halogens is 1. The van der Waals surface area contributed by atoms with Crippen LogP contribution in [-0.2, 0) is 0 Å². The Morgan fingerprint density at radius 1 is 1.14 bits per heavy atom. The summed E-state index contributed by atoms with van der Waals surface area (Å²) in [6.45, 7) is 1.83. The van der Waals surface area contributed by atoms with Crippen LogP contribution in [0.3, 0.4) is 0 Å². The van der Waals surface area contributed by atoms with Crippen molar-refractivity contribution in [1.82, 2.24) is 5.32 Å². The van der Waals surface area contributed by atoms with Gasteiger partial charge in [-0.3, -0.25) is 4.79 Å². The number of ether oxygens (including phenoxy) is 2. The molecule has 2 aromatic carbocycles. The molecule has 0 aliphatic carbocycles. The van der Waals surface area contributed by atoms with E-state index in [-0.39, 0.29) is 17.5 Å². The van der Waals surface area contributed by atoms with Crippen LogP contribution in [0.4, 0.5) is 4.39 Å². The molecular formula is C17H18FNO3. The van der Waals surface area contributed by atoms with E-state index in [1.54, 1.807) is 38.5 Å². The summed E-state index contributed by atoms with van der Waals surface area (Å²) in [5.41, 5.74) is 1.06. The number of benzene rings is 2. The maximum Gasteiger partial charge on any atom is 0.251 e. The molecule has 1 atom stereocenters. The summed E-state index contributed by atoms with van der Waals surface area (Å²) in [5.74, 6) is 0.520. The lowest BCUT2D eigenvalue weighted by atomic mass is 10.1. The average molecular weight is 303 g/mol. The Hall–Kier alpha value is -2.56. The van der Waals surface area contributed by atoms with Crippen molar-refractivity contribution in [3.63, 3.8) is 0 Å². The van der Waals surface area contributed by atoms with Gasteiger partial charge in [0.05, 0.1) is 20.3 Å². The van der Waals surface area contributed by atoms with Crippen LogP contribution in [0, 0.1) is 5.82 Å². The summed E-state index contributed by atoms with van der Waals surface area (Å²) >= 11 is 0. The normalized spacial score (nSPS) is 11.6. The van der Waals surface area contributed by atoms with Crippen LogP contribution in [0.2, 0.25) is 0 Å². The first-order valence-electron chi connectivity index (χ1n) is 6.83. The van der Waals surface area contributed by atoms with Crippen molar-refractivity contribution < 1.29 is 18.7 Å². The summed E-state index contributed by atoms with van der Waals surface area (Å²) in [6.07, 6.45) is 0. The number of amides is 1. The minimum Gasteiger partial charge on any atom is -0.497 e. The highest BCUT2D eigenvalue weighted by atomic mass is 19.1. The fraction of sp³-hybridized carbons (Fsp3) is 0.235. The van der Waals surface area contributed by atoms with Crippen molar-refractivity contribution in [3.05, 3.63) is 59.4 Å². The minimum absolute atomic E-state index is 0.272. The van der Waals surface area contributed by atoms with Crippen LogP contribution >= 0.6 is 0 Å². The molecule has 0 radical (unpaired) electrons. The van der Waals surface area contributed by atoms with Gasteiger partial charge in [0.25, 0.3) is 5.91 Å². The molecule has 2 rings (SSSR count). The molecule has 0 saturated heterocycles. The summed E-state index contributed by atoms with van der Waals surface area (Å²) in [7, 11) is 3.13. The molecule has 0 heterocycles. The van der Waals surface area contributed by atoms with Crippen molar-refractivity contribution in [2.24, 2.45) is 0 Å². The highest BCUT2D eigenvalue weighted by molar-refractivity contribution is 5.94. The Balaban J connectivity index is 2.21. The van der Waals surface area contributed by atoms with Crippen LogP contribution in [-0.4, -0.2) is 20.1 Å². The lowest BCUT2D eigenvalue weighted by molar-refractivity contribution is 0.0939. The highest BCUT2D eigenvalue weighted by Crippen LogP contribution is 2.29. The fourth-order valence-electron chi connectivity index (χ4n) is 2.17. The molecule has 0 aromatic heterocycles. The van der Waals surface area contributed by atoms with Crippen LogP contribution in [0.5, 0.6) is 11.5 Å². The van der Waals surface area contributed by atoms with E-state index in [1.807, 2.05) is 6.92 Å². The molecule has 0 unspecified atom stereocenters. The summed E-state index contributed by atoms with van der Waals surface area (Å²) < 4.78 is 23.7. The molecular weight excluding hydrogens is 285 g/mol. The average Bonchev–Trinajstić information content (AvgIpc) is 2.54. The van der Waals surface area contributed by atoms with Gasteiger partial charge in [0.15, 0.2) is 0 Å². The maximum atomic E-state index is 13.2. The van der Waals surface area contributed by atoms with Crippen molar-refractivity contribution in [2.75, 3.05) is 14.2 Å². The molecule has 4 nitrogen and oxygen atoms in total. The second kappa shape index (κ2) is 6.93. The van der Waals surface area contributed by atoms with E-state index in [4.69, 9.17) is 9.47 Å². The fourth-order valence-corrected chi connectivity index (χ4v) is 2.17. The van der Waals surface area contributed by atoms with Gasteiger partial charge in [0, 0.05) is 11.1 Å². The first-order chi connectivity index (χ1) is 10.5. The largest absolute Gasteiger partial charge is 0.497 e. The number of methoxy groups -OCH3 is 2. The lowest BCUT2D eigenvalue weighted by Crippen LogP contribution is -2.27. The maximum absolute atomic E-state index is 13.2. The van der Waals surface area contributed by atoms with Gasteiger partial charge in [-0.15, -0.1) is 0 Å². The van der Waals surface area contributed by atoms with E-state index >= 15 is 0 Å². The predicted molar refractivity (Wildman–Crippen MR) is 81.8 cm³/mol. The molecule has 116 valence electrons. The third-order valence-electron chi connectivity index (χ3n) is 3.34. The molecule has 5 heteroatoms. The zero-order chi connectivity index (χ0) is 16.1. The van der Waals surface area contributed by atoms with Gasteiger partial charge in [-0.1, -0.05) is 6.07 Å². The molecule has 22 heavy (non-hydrogen) atoms. The standard InChI is InChI=1S/C17H18FNO3/c1-11(15-10-14(21-2)7-8-16(15)22-3)19-17(20)12-5-4-6-13(18)9-12/h4-11H,1-3H3,(H,19,20)/t11-/m1/s1. The Bertz CT molecular complexity index is 673. The van der Waals surface area contributed by atoms with Gasteiger partial charge >= 0.3 is 0 Å². The van der Waals surface area contributed by atoms with Gasteiger partial charge in [-0.2, -0.15) is 0 Å². The monoisotopic (exact) mass is 303 g/mol. The third-order valence-corrected chi connectivity index (χ3v) is 3.34. The van der Waals surface area contributed by atoms with Crippen LogP contribution in [0.1, 0.15) is 28.9 Å². The zero-order valence-electron chi connectivity index (χ0n) is 12.7. The highest BCUT2D eigenvalue weighted by Gasteiger charge is 2.16. The number of hydrogen-bond donors (Lipinski definition) is 1. The van der Waals surface area contributed by atoms with Gasteiger partial charge in [-0.05, 0) is 43.3 Å². The van der Waals surface area contributed by atoms with Gasteiger partial charge in [-0.25, -0.2) is 4.39 Å². The summed E-state index contributed by atoms with van der Waals surface area (Å²) in [6, 6.07) is 10.6. The summed E-state index contributed by atoms with van der Waals surface area (Å²) in [5, 5.41) is 2.82. The SMILES string of the molecule is COc1ccc(OC)c([C@@H](C)NC(=O)c2cccc(F)c2)c1. The predicted octanol–water partition coefficient (Wildman–Crippen LogP) is 3.33. The van der Waals surface area contributed by atoms with Crippen molar-refractivity contribution in [1.29, 1.82) is 0 Å². The smallest absolute Gasteiger partial charge is 0.251 e. The van der Waals surface area contributed by atoms with E-state index in [0.717, 1.165) is 5.56 Å². The second-order valence-corrected chi connectivity index (χ2v) is 4.81. The minimum atomic E-state index is -0.445. The third kappa shape index (κ3) is 3.55. The number of carbonyl (C=O) groups is 1. The molecule has 1 amide bonds. The van der Waals surface area contributed by atoms with Crippen LogP contribution in [0.15, 0.2) is 42.5 Å². The molecule has 0 spiro atoms. The van der Waals surface area contributed by atoms with Crippen molar-refractivity contribution in [2.45, 2.75) is 13.0 Å². The molecule has 0 aliphatic rings. The molecule has 0 saturated carbocycles. The Labute approximate surface area is 128 Å². The topological polar surface area (TPSA) is 47.6 Å². The van der Waals surface area contributed by atoms with Crippen LogP contribution in [0.25, 0.3) is 0 Å². The van der Waals surface area contributed by atoms with Gasteiger partial charge < -0.3 is 14.8 Å². The first-order valence-corrected chi connectivity index (χ1v) is 6.83. The number of rotatable bonds is 5. The molecule has 0 bridgehead atoms. The van der Waals surface area contributed by atoms with E-state index in [9.17, 15) is 9.18 Å². The molecule has 1 N–H and O–H groups in total. The van der Waals surface area contributed by atoms with Gasteiger partial charge in [0.1, 0.15) is 17.3 Å². The molecule has 2 aromatic rings. The number of carbonyl (C=O) groups excluding carboxylic acids is 1.